The lowest BCUT2D eigenvalue weighted by atomic mass is 10.1. The Balaban J connectivity index is 1.76. The van der Waals surface area contributed by atoms with Gasteiger partial charge in [-0.15, -0.1) is 11.3 Å². The van der Waals surface area contributed by atoms with Gasteiger partial charge in [-0.25, -0.2) is 4.68 Å². The van der Waals surface area contributed by atoms with Gasteiger partial charge < -0.3 is 5.32 Å². The van der Waals surface area contributed by atoms with E-state index in [1.165, 1.54) is 15.3 Å². The minimum absolute atomic E-state index is 0.268. The van der Waals surface area contributed by atoms with E-state index in [9.17, 15) is 0 Å². The van der Waals surface area contributed by atoms with Crippen molar-refractivity contribution < 1.29 is 0 Å². The van der Waals surface area contributed by atoms with Gasteiger partial charge in [0.05, 0.1) is 17.1 Å². The van der Waals surface area contributed by atoms with Crippen LogP contribution in [0.3, 0.4) is 0 Å². The molecule has 6 heteroatoms. The van der Waals surface area contributed by atoms with Crippen molar-refractivity contribution in [3.63, 3.8) is 0 Å². The molecule has 4 rings (SSSR count). The smallest absolute Gasteiger partial charge is 0.125 e. The quantitative estimate of drug-likeness (QED) is 0.791. The molecular weight excluding hydrogens is 282 g/mol. The van der Waals surface area contributed by atoms with Gasteiger partial charge in [0.2, 0.25) is 0 Å². The fraction of sp³-hybridized carbons (Fsp3) is 0.333. The molecule has 1 unspecified atom stereocenters. The zero-order chi connectivity index (χ0) is 14.4. The molecule has 5 nitrogen and oxygen atoms in total. The van der Waals surface area contributed by atoms with Gasteiger partial charge in [-0.1, -0.05) is 0 Å². The highest BCUT2D eigenvalue weighted by Gasteiger charge is 2.24. The summed E-state index contributed by atoms with van der Waals surface area (Å²) in [5, 5.41) is 12.6. The fourth-order valence-corrected chi connectivity index (χ4v) is 3.66. The van der Waals surface area contributed by atoms with Crippen molar-refractivity contribution in [1.82, 2.24) is 19.6 Å². The van der Waals surface area contributed by atoms with Crippen LogP contribution < -0.4 is 5.32 Å². The maximum atomic E-state index is 4.83. The fourth-order valence-electron chi connectivity index (χ4n) is 2.84. The molecule has 4 heterocycles. The Labute approximate surface area is 127 Å². The first-order valence-corrected chi connectivity index (χ1v) is 7.91. The molecule has 1 N–H and O–H groups in total. The van der Waals surface area contributed by atoms with Crippen LogP contribution in [-0.4, -0.2) is 26.1 Å². The number of fused-ring (bicyclic) bond motifs is 1. The SMILES string of the molecule is Cc1ccc(-c2cc3n(n2)C(c2cnn(C)c2)CCN3)s1. The molecule has 0 radical (unpaired) electrons. The topological polar surface area (TPSA) is 47.7 Å². The van der Waals surface area contributed by atoms with Crippen LogP contribution in [0.2, 0.25) is 0 Å². The Bertz CT molecular complexity index is 782. The largest absolute Gasteiger partial charge is 0.370 e. The van der Waals surface area contributed by atoms with Crippen molar-refractivity contribution in [3.8, 4) is 10.6 Å². The normalized spacial score (nSPS) is 17.5. The lowest BCUT2D eigenvalue weighted by Gasteiger charge is -2.24. The number of hydrogen-bond acceptors (Lipinski definition) is 4. The third-order valence-corrected chi connectivity index (χ3v) is 4.88. The summed E-state index contributed by atoms with van der Waals surface area (Å²) in [6.45, 7) is 3.09. The van der Waals surface area contributed by atoms with Crippen LogP contribution in [0.15, 0.2) is 30.6 Å². The lowest BCUT2D eigenvalue weighted by Crippen LogP contribution is -2.24. The van der Waals surface area contributed by atoms with Gasteiger partial charge in [-0.2, -0.15) is 10.2 Å². The molecule has 1 atom stereocenters. The van der Waals surface area contributed by atoms with Gasteiger partial charge in [0, 0.05) is 36.3 Å². The highest BCUT2D eigenvalue weighted by atomic mass is 32.1. The Kier molecular flexibility index (Phi) is 2.85. The van der Waals surface area contributed by atoms with Gasteiger partial charge in [0.1, 0.15) is 11.5 Å². The average Bonchev–Trinajstić information content (AvgIpc) is 3.16. The summed E-state index contributed by atoms with van der Waals surface area (Å²) < 4.78 is 3.95. The van der Waals surface area contributed by atoms with E-state index >= 15 is 0 Å². The van der Waals surface area contributed by atoms with E-state index in [4.69, 9.17) is 5.10 Å². The molecular formula is C15H17N5S. The number of rotatable bonds is 2. The van der Waals surface area contributed by atoms with E-state index in [-0.39, 0.29) is 6.04 Å². The van der Waals surface area contributed by atoms with E-state index < -0.39 is 0 Å². The van der Waals surface area contributed by atoms with E-state index in [1.54, 1.807) is 11.3 Å². The molecule has 1 aliphatic rings. The average molecular weight is 299 g/mol. The van der Waals surface area contributed by atoms with Gasteiger partial charge >= 0.3 is 0 Å². The summed E-state index contributed by atoms with van der Waals surface area (Å²) in [5.41, 5.74) is 2.27. The lowest BCUT2D eigenvalue weighted by molar-refractivity contribution is 0.483. The summed E-state index contributed by atoms with van der Waals surface area (Å²) in [7, 11) is 1.95. The second-order valence-corrected chi connectivity index (χ2v) is 6.74. The van der Waals surface area contributed by atoms with Crippen molar-refractivity contribution in [2.75, 3.05) is 11.9 Å². The molecule has 0 fully saturated rings. The van der Waals surface area contributed by atoms with Gasteiger partial charge in [-0.3, -0.25) is 4.68 Å². The molecule has 0 saturated heterocycles. The van der Waals surface area contributed by atoms with Crippen molar-refractivity contribution in [3.05, 3.63) is 41.0 Å². The summed E-state index contributed by atoms with van der Waals surface area (Å²) in [4.78, 5) is 2.54. The second-order valence-electron chi connectivity index (χ2n) is 5.45. The zero-order valence-electron chi connectivity index (χ0n) is 12.1. The van der Waals surface area contributed by atoms with Crippen LogP contribution in [0.4, 0.5) is 5.82 Å². The van der Waals surface area contributed by atoms with Gasteiger partial charge in [-0.05, 0) is 25.5 Å². The Morgan fingerprint density at radius 1 is 1.38 bits per heavy atom. The highest BCUT2D eigenvalue weighted by Crippen LogP contribution is 2.34. The molecule has 0 amide bonds. The molecule has 21 heavy (non-hydrogen) atoms. The van der Waals surface area contributed by atoms with Crippen LogP contribution >= 0.6 is 11.3 Å². The van der Waals surface area contributed by atoms with Crippen LogP contribution in [0.5, 0.6) is 0 Å². The highest BCUT2D eigenvalue weighted by molar-refractivity contribution is 7.15. The van der Waals surface area contributed by atoms with Gasteiger partial charge in [0.15, 0.2) is 0 Å². The van der Waals surface area contributed by atoms with Crippen LogP contribution in [0.1, 0.15) is 22.9 Å². The number of aryl methyl sites for hydroxylation is 2. The number of hydrogen-bond donors (Lipinski definition) is 1. The molecule has 108 valence electrons. The molecule has 1 aliphatic heterocycles. The van der Waals surface area contributed by atoms with E-state index in [0.29, 0.717) is 0 Å². The molecule has 0 aliphatic carbocycles. The van der Waals surface area contributed by atoms with Crippen LogP contribution in [0.25, 0.3) is 10.6 Å². The molecule has 0 bridgehead atoms. The second kappa shape index (κ2) is 4.73. The predicted octanol–water partition coefficient (Wildman–Crippen LogP) is 3.06. The first kappa shape index (κ1) is 12.6. The number of thiophene rings is 1. The van der Waals surface area contributed by atoms with E-state index in [2.05, 4.69) is 46.4 Å². The van der Waals surface area contributed by atoms with Gasteiger partial charge in [0.25, 0.3) is 0 Å². The number of anilines is 1. The van der Waals surface area contributed by atoms with E-state index in [1.807, 2.05) is 17.9 Å². The molecule has 0 spiro atoms. The van der Waals surface area contributed by atoms with Crippen molar-refractivity contribution >= 4 is 17.2 Å². The zero-order valence-corrected chi connectivity index (χ0v) is 12.9. The Hall–Kier alpha value is -2.08. The Morgan fingerprint density at radius 3 is 3.00 bits per heavy atom. The van der Waals surface area contributed by atoms with Crippen molar-refractivity contribution in [2.45, 2.75) is 19.4 Å². The summed E-state index contributed by atoms with van der Waals surface area (Å²) in [6, 6.07) is 6.70. The molecule has 3 aromatic rings. The maximum Gasteiger partial charge on any atom is 0.125 e. The molecule has 0 saturated carbocycles. The number of aromatic nitrogens is 4. The minimum Gasteiger partial charge on any atom is -0.370 e. The standard InChI is InChI=1S/C15H17N5S/c1-10-3-4-14(21-10)12-7-15-16-6-5-13(20(15)18-12)11-8-17-19(2)9-11/h3-4,7-9,13,16H,5-6H2,1-2H3. The summed E-state index contributed by atoms with van der Waals surface area (Å²) in [6.07, 6.45) is 5.05. The molecule has 0 aromatic carbocycles. The summed E-state index contributed by atoms with van der Waals surface area (Å²) >= 11 is 1.79. The Morgan fingerprint density at radius 2 is 2.29 bits per heavy atom. The van der Waals surface area contributed by atoms with Crippen LogP contribution in [0, 0.1) is 6.92 Å². The molecule has 3 aromatic heterocycles. The maximum absolute atomic E-state index is 4.83. The predicted molar refractivity (Wildman–Crippen MR) is 84.7 cm³/mol. The van der Waals surface area contributed by atoms with Crippen molar-refractivity contribution in [1.29, 1.82) is 0 Å². The monoisotopic (exact) mass is 299 g/mol. The van der Waals surface area contributed by atoms with Crippen LogP contribution in [-0.2, 0) is 7.05 Å². The van der Waals surface area contributed by atoms with E-state index in [0.717, 1.165) is 24.5 Å². The number of nitrogens with one attached hydrogen (secondary N) is 1. The number of nitrogens with zero attached hydrogens (tertiary/aromatic N) is 4. The first-order chi connectivity index (χ1) is 10.2. The third-order valence-electron chi connectivity index (χ3n) is 3.86. The third kappa shape index (κ3) is 2.15. The van der Waals surface area contributed by atoms with Crippen molar-refractivity contribution in [2.24, 2.45) is 7.05 Å². The first-order valence-electron chi connectivity index (χ1n) is 7.09. The minimum atomic E-state index is 0.268. The summed E-state index contributed by atoms with van der Waals surface area (Å²) in [5.74, 6) is 1.09.